The molecular formula is C18H19ClN2O4. The number of nitrogens with zero attached hydrogens (tertiary/aromatic N) is 2. The molecule has 2 aromatic rings. The number of carbonyl (C=O) groups excluding carboxylic acids is 2. The average Bonchev–Trinajstić information content (AvgIpc) is 3.18. The average molecular weight is 363 g/mol. The molecule has 7 heteroatoms. The molecule has 0 saturated carbocycles. The Morgan fingerprint density at radius 3 is 2.96 bits per heavy atom. The van der Waals surface area contributed by atoms with Gasteiger partial charge in [-0.05, 0) is 12.1 Å². The minimum absolute atomic E-state index is 0. The summed E-state index contributed by atoms with van der Waals surface area (Å²) in [6.07, 6.45) is 1.60. The molecule has 132 valence electrons. The molecule has 2 aliphatic rings. The van der Waals surface area contributed by atoms with Gasteiger partial charge in [-0.15, -0.1) is 12.4 Å². The zero-order valence-corrected chi connectivity index (χ0v) is 14.6. The van der Waals surface area contributed by atoms with Gasteiger partial charge in [-0.3, -0.25) is 14.6 Å². The van der Waals surface area contributed by atoms with Crippen molar-refractivity contribution in [3.05, 3.63) is 42.1 Å². The molecule has 0 bridgehead atoms. The lowest BCUT2D eigenvalue weighted by Crippen LogP contribution is -2.41. The highest BCUT2D eigenvalue weighted by atomic mass is 35.5. The molecule has 3 heterocycles. The maximum atomic E-state index is 12.9. The number of hydrogen-bond donors (Lipinski definition) is 0. The Kier molecular flexibility index (Phi) is 4.67. The van der Waals surface area contributed by atoms with Crippen LogP contribution in [-0.2, 0) is 14.3 Å². The largest absolute Gasteiger partial charge is 0.468 e. The SMILES string of the molecule is COC(=O)[C@@]12COC[C@@H]1CN(C(=O)c1cnc3ccccc3c1)C2.Cl. The summed E-state index contributed by atoms with van der Waals surface area (Å²) in [4.78, 5) is 31.2. The van der Waals surface area contributed by atoms with Gasteiger partial charge in [0, 0.05) is 30.6 Å². The maximum Gasteiger partial charge on any atom is 0.316 e. The molecule has 0 unspecified atom stereocenters. The Morgan fingerprint density at radius 2 is 2.16 bits per heavy atom. The number of rotatable bonds is 2. The van der Waals surface area contributed by atoms with Gasteiger partial charge < -0.3 is 14.4 Å². The van der Waals surface area contributed by atoms with Crippen molar-refractivity contribution in [2.75, 3.05) is 33.4 Å². The number of pyridine rings is 1. The smallest absolute Gasteiger partial charge is 0.316 e. The van der Waals surface area contributed by atoms with E-state index in [4.69, 9.17) is 9.47 Å². The van der Waals surface area contributed by atoms with Crippen LogP contribution in [0.4, 0.5) is 0 Å². The zero-order valence-electron chi connectivity index (χ0n) is 13.8. The minimum atomic E-state index is -0.727. The number of halogens is 1. The molecule has 6 nitrogen and oxygen atoms in total. The van der Waals surface area contributed by atoms with Crippen molar-refractivity contribution in [3.8, 4) is 0 Å². The number of likely N-dealkylation sites (tertiary alicyclic amines) is 1. The van der Waals surface area contributed by atoms with Crippen LogP contribution in [0.3, 0.4) is 0 Å². The summed E-state index contributed by atoms with van der Waals surface area (Å²) >= 11 is 0. The fourth-order valence-electron chi connectivity index (χ4n) is 3.75. The van der Waals surface area contributed by atoms with Crippen molar-refractivity contribution >= 4 is 35.2 Å². The number of amides is 1. The summed E-state index contributed by atoms with van der Waals surface area (Å²) in [6, 6.07) is 9.52. The third-order valence-electron chi connectivity index (χ3n) is 5.09. The Labute approximate surface area is 151 Å². The highest BCUT2D eigenvalue weighted by Crippen LogP contribution is 2.42. The molecule has 2 saturated heterocycles. The number of hydrogen-bond acceptors (Lipinski definition) is 5. The van der Waals surface area contributed by atoms with Crippen molar-refractivity contribution in [3.63, 3.8) is 0 Å². The van der Waals surface area contributed by atoms with E-state index in [9.17, 15) is 9.59 Å². The number of aromatic nitrogens is 1. The first kappa shape index (κ1) is 17.6. The van der Waals surface area contributed by atoms with Crippen LogP contribution < -0.4 is 0 Å². The van der Waals surface area contributed by atoms with Crippen LogP contribution in [0.5, 0.6) is 0 Å². The second-order valence-corrected chi connectivity index (χ2v) is 6.46. The fourth-order valence-corrected chi connectivity index (χ4v) is 3.75. The number of benzene rings is 1. The van der Waals surface area contributed by atoms with E-state index in [0.29, 0.717) is 31.9 Å². The first-order chi connectivity index (χ1) is 11.6. The van der Waals surface area contributed by atoms with Gasteiger partial charge in [0.15, 0.2) is 0 Å². The molecule has 1 amide bonds. The van der Waals surface area contributed by atoms with E-state index < -0.39 is 5.41 Å². The quantitative estimate of drug-likeness (QED) is 0.763. The van der Waals surface area contributed by atoms with Crippen LogP contribution in [0.1, 0.15) is 10.4 Å². The van der Waals surface area contributed by atoms with E-state index in [1.165, 1.54) is 7.11 Å². The molecule has 2 fully saturated rings. The van der Waals surface area contributed by atoms with E-state index in [-0.39, 0.29) is 30.2 Å². The first-order valence-electron chi connectivity index (χ1n) is 7.94. The van der Waals surface area contributed by atoms with Crippen LogP contribution in [0.15, 0.2) is 36.5 Å². The summed E-state index contributed by atoms with van der Waals surface area (Å²) in [5.74, 6) is -0.412. The van der Waals surface area contributed by atoms with Crippen molar-refractivity contribution in [1.82, 2.24) is 9.88 Å². The lowest BCUT2D eigenvalue weighted by Gasteiger charge is -2.23. The van der Waals surface area contributed by atoms with Crippen LogP contribution in [0, 0.1) is 11.3 Å². The van der Waals surface area contributed by atoms with Crippen molar-refractivity contribution in [1.29, 1.82) is 0 Å². The molecule has 2 aliphatic heterocycles. The second-order valence-electron chi connectivity index (χ2n) is 6.46. The molecule has 25 heavy (non-hydrogen) atoms. The van der Waals surface area contributed by atoms with Gasteiger partial charge in [0.25, 0.3) is 5.91 Å². The Morgan fingerprint density at radius 1 is 1.36 bits per heavy atom. The number of fused-ring (bicyclic) bond motifs is 2. The number of carbonyl (C=O) groups is 2. The van der Waals surface area contributed by atoms with Crippen LogP contribution in [0.25, 0.3) is 10.9 Å². The van der Waals surface area contributed by atoms with E-state index in [1.54, 1.807) is 11.1 Å². The highest BCUT2D eigenvalue weighted by molar-refractivity contribution is 5.98. The molecule has 4 rings (SSSR count). The summed E-state index contributed by atoms with van der Waals surface area (Å²) < 4.78 is 10.4. The monoisotopic (exact) mass is 362 g/mol. The minimum Gasteiger partial charge on any atom is -0.468 e. The number of ether oxygens (including phenoxy) is 2. The third-order valence-corrected chi connectivity index (χ3v) is 5.09. The van der Waals surface area contributed by atoms with Crippen LogP contribution in [-0.4, -0.2) is 55.2 Å². The molecule has 0 N–H and O–H groups in total. The molecule has 0 radical (unpaired) electrons. The predicted molar refractivity (Wildman–Crippen MR) is 93.7 cm³/mol. The van der Waals surface area contributed by atoms with Gasteiger partial charge >= 0.3 is 5.97 Å². The van der Waals surface area contributed by atoms with E-state index in [2.05, 4.69) is 4.98 Å². The molecule has 1 aromatic heterocycles. The molecule has 0 aliphatic carbocycles. The topological polar surface area (TPSA) is 68.7 Å². The molecular weight excluding hydrogens is 344 g/mol. The third kappa shape index (κ3) is 2.75. The normalized spacial score (nSPS) is 24.7. The maximum absolute atomic E-state index is 12.9. The zero-order chi connectivity index (χ0) is 16.7. The van der Waals surface area contributed by atoms with Gasteiger partial charge in [-0.2, -0.15) is 0 Å². The predicted octanol–water partition coefficient (Wildman–Crippen LogP) is 1.92. The standard InChI is InChI=1S/C18H18N2O4.ClH/c1-23-17(22)18-10-20(8-14(18)9-24-11-18)16(21)13-6-12-4-2-3-5-15(12)19-7-13;/h2-7,14H,8-11H2,1H3;1H/t14-,18-;/m0./s1. The molecule has 1 aromatic carbocycles. The van der Waals surface area contributed by atoms with Gasteiger partial charge in [0.1, 0.15) is 5.41 Å². The Balaban J connectivity index is 0.00000182. The number of para-hydroxylation sites is 1. The molecule has 0 spiro atoms. The summed E-state index contributed by atoms with van der Waals surface area (Å²) in [5.41, 5.74) is 0.663. The van der Waals surface area contributed by atoms with E-state index in [0.717, 1.165) is 10.9 Å². The van der Waals surface area contributed by atoms with Crippen LogP contribution in [0.2, 0.25) is 0 Å². The van der Waals surface area contributed by atoms with Gasteiger partial charge in [0.05, 0.1) is 31.4 Å². The highest BCUT2D eigenvalue weighted by Gasteiger charge is 2.57. The summed E-state index contributed by atoms with van der Waals surface area (Å²) in [6.45, 7) is 1.62. The number of esters is 1. The van der Waals surface area contributed by atoms with Crippen molar-refractivity contribution in [2.24, 2.45) is 11.3 Å². The Hall–Kier alpha value is -2.18. The van der Waals surface area contributed by atoms with Crippen molar-refractivity contribution < 1.29 is 19.1 Å². The van der Waals surface area contributed by atoms with E-state index in [1.807, 2.05) is 30.3 Å². The summed E-state index contributed by atoms with van der Waals surface area (Å²) in [5, 5.41) is 0.925. The lowest BCUT2D eigenvalue weighted by atomic mass is 9.81. The van der Waals surface area contributed by atoms with Gasteiger partial charge in [-0.1, -0.05) is 18.2 Å². The molecule has 2 atom stereocenters. The van der Waals surface area contributed by atoms with Gasteiger partial charge in [-0.25, -0.2) is 0 Å². The van der Waals surface area contributed by atoms with E-state index >= 15 is 0 Å². The van der Waals surface area contributed by atoms with Crippen molar-refractivity contribution in [2.45, 2.75) is 0 Å². The Bertz CT molecular complexity index is 828. The second kappa shape index (κ2) is 6.61. The summed E-state index contributed by atoms with van der Waals surface area (Å²) in [7, 11) is 1.38. The van der Waals surface area contributed by atoms with Gasteiger partial charge in [0.2, 0.25) is 0 Å². The van der Waals surface area contributed by atoms with Crippen LogP contribution >= 0.6 is 12.4 Å². The fraction of sp³-hybridized carbons (Fsp3) is 0.389. The lowest BCUT2D eigenvalue weighted by molar-refractivity contribution is -0.153. The number of methoxy groups -OCH3 is 1. The first-order valence-corrected chi connectivity index (χ1v) is 7.94.